The maximum Gasteiger partial charge on any atom is 0.159 e. The van der Waals surface area contributed by atoms with Gasteiger partial charge in [-0.3, -0.25) is 9.97 Å². The quantitative estimate of drug-likeness (QED) is 0.794. The van der Waals surface area contributed by atoms with Crippen LogP contribution in [-0.2, 0) is 0 Å². The van der Waals surface area contributed by atoms with E-state index >= 15 is 0 Å². The summed E-state index contributed by atoms with van der Waals surface area (Å²) in [7, 11) is 0. The van der Waals surface area contributed by atoms with Crippen molar-refractivity contribution >= 4 is 0 Å². The summed E-state index contributed by atoms with van der Waals surface area (Å²) < 4.78 is 25.8. The molecule has 0 N–H and O–H groups in total. The van der Waals surface area contributed by atoms with Crippen LogP contribution in [0.2, 0.25) is 0 Å². The highest BCUT2D eigenvalue weighted by Crippen LogP contribution is 2.20. The molecular weight excluding hydrogens is 296 g/mol. The fourth-order valence-corrected chi connectivity index (χ4v) is 2.13. The van der Waals surface area contributed by atoms with E-state index in [1.807, 2.05) is 34.6 Å². The number of hydrogen-bond donors (Lipinski definition) is 0. The Morgan fingerprint density at radius 1 is 1.00 bits per heavy atom. The smallest absolute Gasteiger partial charge is 0.159 e. The predicted molar refractivity (Wildman–Crippen MR) is 86.0 cm³/mol. The molecule has 2 heterocycles. The van der Waals surface area contributed by atoms with Crippen LogP contribution >= 0.6 is 0 Å². The molecule has 0 aliphatic carbocycles. The molecule has 0 atom stereocenters. The van der Waals surface area contributed by atoms with Gasteiger partial charge in [-0.15, -0.1) is 0 Å². The van der Waals surface area contributed by atoms with Crippen LogP contribution in [0, 0.1) is 29.9 Å². The lowest BCUT2D eigenvalue weighted by Gasteiger charge is -2.08. The zero-order chi connectivity index (χ0) is 17.6. The molecule has 0 aromatic carbocycles. The molecule has 2 rings (SSSR count). The maximum absolute atomic E-state index is 13.0. The van der Waals surface area contributed by atoms with Crippen LogP contribution in [-0.4, -0.2) is 9.97 Å². The van der Waals surface area contributed by atoms with Crippen molar-refractivity contribution in [1.82, 2.24) is 9.97 Å². The Morgan fingerprint density at radius 3 is 2.09 bits per heavy atom. The monoisotopic (exact) mass is 317 g/mol. The lowest BCUT2D eigenvalue weighted by atomic mass is 10.00. The fourth-order valence-electron chi connectivity index (χ4n) is 2.13. The highest BCUT2D eigenvalue weighted by atomic mass is 19.1. The number of hydrogen-bond acceptors (Lipinski definition) is 3. The first kappa shape index (κ1) is 18.7. The van der Waals surface area contributed by atoms with Crippen LogP contribution < -0.4 is 0 Å². The average molecular weight is 317 g/mol. The second-order valence-electron chi connectivity index (χ2n) is 5.86. The standard InChI is InChI=1S/C9H9FN2.C9H12FN/c1-6(2)9-3-7(4-11)8(10)5-12-9;1-6(2)9-7(3)4-11-5-8(9)10/h3,5-6H,1-2H3;4-6H,1-3H3. The second kappa shape index (κ2) is 8.33. The molecule has 0 aliphatic heterocycles. The molecule has 0 unspecified atom stereocenters. The second-order valence-corrected chi connectivity index (χ2v) is 5.86. The fraction of sp³-hybridized carbons (Fsp3) is 0.389. The average Bonchev–Trinajstić information content (AvgIpc) is 2.47. The Balaban J connectivity index is 0.000000231. The molecule has 0 saturated heterocycles. The Morgan fingerprint density at radius 2 is 1.65 bits per heavy atom. The van der Waals surface area contributed by atoms with E-state index in [1.165, 1.54) is 12.3 Å². The molecule has 0 bridgehead atoms. The molecule has 23 heavy (non-hydrogen) atoms. The summed E-state index contributed by atoms with van der Waals surface area (Å²) in [5.41, 5.74) is 2.52. The topological polar surface area (TPSA) is 49.6 Å². The van der Waals surface area contributed by atoms with Crippen LogP contribution in [0.3, 0.4) is 0 Å². The first-order chi connectivity index (χ1) is 10.8. The van der Waals surface area contributed by atoms with Gasteiger partial charge in [-0.25, -0.2) is 8.78 Å². The Labute approximate surface area is 136 Å². The largest absolute Gasteiger partial charge is 0.261 e. The highest BCUT2D eigenvalue weighted by molar-refractivity contribution is 5.31. The van der Waals surface area contributed by atoms with Crippen molar-refractivity contribution in [3.63, 3.8) is 0 Å². The number of pyridine rings is 2. The summed E-state index contributed by atoms with van der Waals surface area (Å²) in [6.07, 6.45) is 4.05. The number of aromatic nitrogens is 2. The van der Waals surface area contributed by atoms with Gasteiger partial charge in [0.2, 0.25) is 0 Å². The zero-order valence-corrected chi connectivity index (χ0v) is 14.1. The number of nitrogens with zero attached hydrogens (tertiary/aromatic N) is 3. The van der Waals surface area contributed by atoms with Crippen LogP contribution in [0.1, 0.15) is 61.9 Å². The Kier molecular flexibility index (Phi) is 6.77. The van der Waals surface area contributed by atoms with Crippen molar-refractivity contribution < 1.29 is 8.78 Å². The summed E-state index contributed by atoms with van der Waals surface area (Å²) >= 11 is 0. The Hall–Kier alpha value is -2.35. The minimum atomic E-state index is -0.554. The third-order valence-electron chi connectivity index (χ3n) is 3.30. The van der Waals surface area contributed by atoms with Crippen LogP contribution in [0.25, 0.3) is 0 Å². The van der Waals surface area contributed by atoms with Crippen LogP contribution in [0.5, 0.6) is 0 Å². The van der Waals surface area contributed by atoms with E-state index in [4.69, 9.17) is 5.26 Å². The molecule has 5 heteroatoms. The normalized spacial score (nSPS) is 10.3. The molecular formula is C18H21F2N3. The van der Waals surface area contributed by atoms with Gasteiger partial charge in [0.15, 0.2) is 5.82 Å². The van der Waals surface area contributed by atoms with Crippen molar-refractivity contribution in [3.8, 4) is 6.07 Å². The number of halogens is 2. The van der Waals surface area contributed by atoms with E-state index in [1.54, 1.807) is 12.3 Å². The molecule has 0 aliphatic rings. The van der Waals surface area contributed by atoms with Gasteiger partial charge < -0.3 is 0 Å². The van der Waals surface area contributed by atoms with Crippen LogP contribution in [0.15, 0.2) is 24.7 Å². The third-order valence-corrected chi connectivity index (χ3v) is 3.30. The van der Waals surface area contributed by atoms with Gasteiger partial charge in [-0.1, -0.05) is 27.7 Å². The van der Waals surface area contributed by atoms with E-state index in [0.717, 1.165) is 23.0 Å². The van der Waals surface area contributed by atoms with Gasteiger partial charge in [-0.2, -0.15) is 5.26 Å². The number of aryl methyl sites for hydroxylation is 1. The summed E-state index contributed by atoms with van der Waals surface area (Å²) in [6, 6.07) is 3.26. The SMILES string of the molecule is CC(C)c1cc(C#N)c(F)cn1.Cc1cncc(F)c1C(C)C. The Bertz CT molecular complexity index is 684. The molecule has 2 aromatic heterocycles. The van der Waals surface area contributed by atoms with E-state index in [-0.39, 0.29) is 23.2 Å². The predicted octanol–water partition coefficient (Wildman–Crippen LogP) is 4.87. The summed E-state index contributed by atoms with van der Waals surface area (Å²) in [5, 5.41) is 8.51. The van der Waals surface area contributed by atoms with Gasteiger partial charge in [0.25, 0.3) is 0 Å². The van der Waals surface area contributed by atoms with Crippen molar-refractivity contribution in [2.75, 3.05) is 0 Å². The molecule has 0 radical (unpaired) electrons. The highest BCUT2D eigenvalue weighted by Gasteiger charge is 2.08. The van der Waals surface area contributed by atoms with E-state index in [0.29, 0.717) is 0 Å². The third kappa shape index (κ3) is 5.10. The van der Waals surface area contributed by atoms with Gasteiger partial charge >= 0.3 is 0 Å². The molecule has 0 saturated carbocycles. The first-order valence-corrected chi connectivity index (χ1v) is 7.43. The summed E-state index contributed by atoms with van der Waals surface area (Å²) in [6.45, 7) is 9.73. The van der Waals surface area contributed by atoms with Crippen molar-refractivity contribution in [2.24, 2.45) is 0 Å². The maximum atomic E-state index is 13.0. The van der Waals surface area contributed by atoms with Crippen molar-refractivity contribution in [2.45, 2.75) is 46.5 Å². The van der Waals surface area contributed by atoms with Gasteiger partial charge in [0.05, 0.1) is 18.0 Å². The number of nitriles is 1. The van der Waals surface area contributed by atoms with Crippen LogP contribution in [0.4, 0.5) is 8.78 Å². The molecule has 122 valence electrons. The number of rotatable bonds is 2. The van der Waals surface area contributed by atoms with Gasteiger partial charge in [0.1, 0.15) is 11.9 Å². The molecule has 0 fully saturated rings. The lowest BCUT2D eigenvalue weighted by molar-refractivity contribution is 0.589. The summed E-state index contributed by atoms with van der Waals surface area (Å²) in [4.78, 5) is 7.61. The molecule has 0 amide bonds. The minimum absolute atomic E-state index is 0.0636. The first-order valence-electron chi connectivity index (χ1n) is 7.43. The van der Waals surface area contributed by atoms with E-state index in [9.17, 15) is 8.78 Å². The van der Waals surface area contributed by atoms with Gasteiger partial charge in [-0.05, 0) is 36.0 Å². The van der Waals surface area contributed by atoms with Crippen molar-refractivity contribution in [1.29, 1.82) is 5.26 Å². The molecule has 3 nitrogen and oxygen atoms in total. The van der Waals surface area contributed by atoms with Gasteiger partial charge in [0, 0.05) is 11.9 Å². The van der Waals surface area contributed by atoms with E-state index in [2.05, 4.69) is 9.97 Å². The lowest BCUT2D eigenvalue weighted by Crippen LogP contribution is -1.97. The minimum Gasteiger partial charge on any atom is -0.261 e. The zero-order valence-electron chi connectivity index (χ0n) is 14.1. The van der Waals surface area contributed by atoms with E-state index < -0.39 is 5.82 Å². The summed E-state index contributed by atoms with van der Waals surface area (Å²) in [5.74, 6) is -0.294. The molecule has 2 aromatic rings. The van der Waals surface area contributed by atoms with Crippen molar-refractivity contribution in [3.05, 3.63) is 58.7 Å². The molecule has 0 spiro atoms.